The highest BCUT2D eigenvalue weighted by molar-refractivity contribution is 5.77. The van der Waals surface area contributed by atoms with Gasteiger partial charge in [0, 0.05) is 39.2 Å². The molecule has 2 aliphatic heterocycles. The van der Waals surface area contributed by atoms with E-state index in [4.69, 9.17) is 4.74 Å². The molecule has 0 aliphatic carbocycles. The number of fused-ring (bicyclic) bond motifs is 2. The molecule has 1 aromatic carbocycles. The van der Waals surface area contributed by atoms with Crippen molar-refractivity contribution in [1.82, 2.24) is 19.4 Å². The minimum absolute atomic E-state index is 0.0880. The fraction of sp³-hybridized carbons (Fsp3) is 0.625. The lowest BCUT2D eigenvalue weighted by Crippen LogP contribution is -2.52. The molecular weight excluding hydrogens is 392 g/mol. The number of hydrogen-bond donors (Lipinski definition) is 0. The Morgan fingerprint density at radius 1 is 1.19 bits per heavy atom. The molecule has 31 heavy (non-hydrogen) atoms. The van der Waals surface area contributed by atoms with Crippen LogP contribution in [0.5, 0.6) is 0 Å². The number of para-hydroxylation sites is 1. The summed E-state index contributed by atoms with van der Waals surface area (Å²) in [7, 11) is 1.67. The number of carbonyl (C=O) groups is 1. The van der Waals surface area contributed by atoms with E-state index in [1.165, 1.54) is 45.2 Å². The first-order valence-electron chi connectivity index (χ1n) is 11.6. The fourth-order valence-corrected chi connectivity index (χ4v) is 5.23. The van der Waals surface area contributed by atoms with Crippen LogP contribution in [0.15, 0.2) is 35.4 Å². The summed E-state index contributed by atoms with van der Waals surface area (Å²) in [5.41, 5.74) is 0.595. The molecule has 0 saturated carbocycles. The molecule has 1 amide bonds. The standard InChI is InChI=1S/C24H34N4O3/c1-31-16-15-27(17-19-7-6-13-26-12-5-4-10-22(19)26)23(29)11-14-28-18-25-21-9-3-2-8-20(21)24(28)30/h2-3,8-9,18-19,22H,4-7,10-17H2,1H3/t19-,22+/m1/s1. The van der Waals surface area contributed by atoms with Gasteiger partial charge in [0.1, 0.15) is 0 Å². The van der Waals surface area contributed by atoms with Crippen LogP contribution in [-0.2, 0) is 16.1 Å². The SMILES string of the molecule is COCCN(C[C@H]1CCCN2CCCC[C@@H]12)C(=O)CCn1cnc2ccccc2c1=O. The normalized spacial score (nSPS) is 21.7. The number of rotatable bonds is 8. The molecule has 0 unspecified atom stereocenters. The van der Waals surface area contributed by atoms with Gasteiger partial charge in [-0.2, -0.15) is 0 Å². The number of hydrogen-bond acceptors (Lipinski definition) is 5. The van der Waals surface area contributed by atoms with Crippen LogP contribution in [0.3, 0.4) is 0 Å². The van der Waals surface area contributed by atoms with E-state index >= 15 is 0 Å². The molecule has 4 rings (SSSR count). The first-order chi connectivity index (χ1) is 15.2. The van der Waals surface area contributed by atoms with Crippen LogP contribution < -0.4 is 5.56 Å². The fourth-order valence-electron chi connectivity index (χ4n) is 5.23. The minimum Gasteiger partial charge on any atom is -0.383 e. The zero-order valence-corrected chi connectivity index (χ0v) is 18.5. The zero-order valence-electron chi connectivity index (χ0n) is 18.5. The molecule has 0 radical (unpaired) electrons. The maximum atomic E-state index is 13.2. The average molecular weight is 427 g/mol. The predicted molar refractivity (Wildman–Crippen MR) is 121 cm³/mol. The van der Waals surface area contributed by atoms with Crippen molar-refractivity contribution in [2.24, 2.45) is 5.92 Å². The summed E-state index contributed by atoms with van der Waals surface area (Å²) in [5, 5.41) is 0.591. The molecular formula is C24H34N4O3. The van der Waals surface area contributed by atoms with Gasteiger partial charge in [0.05, 0.1) is 23.8 Å². The molecule has 0 bridgehead atoms. The van der Waals surface area contributed by atoms with Gasteiger partial charge in [0.25, 0.3) is 5.56 Å². The zero-order chi connectivity index (χ0) is 21.6. The predicted octanol–water partition coefficient (Wildman–Crippen LogP) is 2.53. The summed E-state index contributed by atoms with van der Waals surface area (Å²) in [6, 6.07) is 7.93. The first-order valence-corrected chi connectivity index (χ1v) is 11.6. The van der Waals surface area contributed by atoms with E-state index < -0.39 is 0 Å². The number of nitrogens with zero attached hydrogens (tertiary/aromatic N) is 4. The number of piperidine rings is 2. The summed E-state index contributed by atoms with van der Waals surface area (Å²) in [6.45, 7) is 4.66. The Hall–Kier alpha value is -2.25. The number of carbonyl (C=O) groups excluding carboxylic acids is 1. The third-order valence-electron chi connectivity index (χ3n) is 6.90. The highest BCUT2D eigenvalue weighted by atomic mass is 16.5. The molecule has 2 saturated heterocycles. The monoisotopic (exact) mass is 426 g/mol. The van der Waals surface area contributed by atoms with Crippen LogP contribution in [0.2, 0.25) is 0 Å². The van der Waals surface area contributed by atoms with E-state index in [9.17, 15) is 9.59 Å². The maximum absolute atomic E-state index is 13.2. The smallest absolute Gasteiger partial charge is 0.261 e. The van der Waals surface area contributed by atoms with E-state index in [0.29, 0.717) is 49.0 Å². The summed E-state index contributed by atoms with van der Waals surface area (Å²) < 4.78 is 6.83. The van der Waals surface area contributed by atoms with Crippen molar-refractivity contribution >= 4 is 16.8 Å². The Morgan fingerprint density at radius 2 is 2.03 bits per heavy atom. The molecule has 2 fully saturated rings. The van der Waals surface area contributed by atoms with Crippen molar-refractivity contribution in [3.05, 3.63) is 40.9 Å². The van der Waals surface area contributed by atoms with Crippen LogP contribution in [0.25, 0.3) is 10.9 Å². The molecule has 0 spiro atoms. The van der Waals surface area contributed by atoms with Gasteiger partial charge < -0.3 is 14.5 Å². The summed E-state index contributed by atoms with van der Waals surface area (Å²) >= 11 is 0. The topological polar surface area (TPSA) is 67.7 Å². The highest BCUT2D eigenvalue weighted by Crippen LogP contribution is 2.31. The molecule has 7 heteroatoms. The van der Waals surface area contributed by atoms with Crippen LogP contribution in [-0.4, -0.2) is 71.2 Å². The molecule has 168 valence electrons. The van der Waals surface area contributed by atoms with Crippen LogP contribution >= 0.6 is 0 Å². The van der Waals surface area contributed by atoms with E-state index in [1.807, 2.05) is 23.1 Å². The van der Waals surface area contributed by atoms with E-state index in [1.54, 1.807) is 24.1 Å². The summed E-state index contributed by atoms with van der Waals surface area (Å²) in [4.78, 5) is 34.8. The lowest BCUT2D eigenvalue weighted by atomic mass is 9.83. The van der Waals surface area contributed by atoms with Crippen molar-refractivity contribution in [3.63, 3.8) is 0 Å². The Labute approximate surface area is 184 Å². The average Bonchev–Trinajstić information content (AvgIpc) is 2.81. The molecule has 2 aliphatic rings. The number of benzene rings is 1. The Bertz CT molecular complexity index is 942. The van der Waals surface area contributed by atoms with E-state index in [0.717, 1.165) is 6.54 Å². The molecule has 1 aromatic heterocycles. The van der Waals surface area contributed by atoms with E-state index in [2.05, 4.69) is 9.88 Å². The summed E-state index contributed by atoms with van der Waals surface area (Å²) in [6.07, 6.45) is 8.08. The van der Waals surface area contributed by atoms with Gasteiger partial charge in [0.15, 0.2) is 0 Å². The lowest BCUT2D eigenvalue weighted by Gasteiger charge is -2.45. The third kappa shape index (κ3) is 5.15. The Balaban J connectivity index is 1.42. The number of methoxy groups -OCH3 is 1. The van der Waals surface area contributed by atoms with Crippen LogP contribution in [0, 0.1) is 5.92 Å². The third-order valence-corrected chi connectivity index (χ3v) is 6.90. The Morgan fingerprint density at radius 3 is 2.90 bits per heavy atom. The van der Waals surface area contributed by atoms with Gasteiger partial charge in [0.2, 0.25) is 5.91 Å². The quantitative estimate of drug-likeness (QED) is 0.649. The number of aromatic nitrogens is 2. The maximum Gasteiger partial charge on any atom is 0.261 e. The highest BCUT2D eigenvalue weighted by Gasteiger charge is 2.34. The van der Waals surface area contributed by atoms with Crippen molar-refractivity contribution in [2.75, 3.05) is 39.9 Å². The van der Waals surface area contributed by atoms with Crippen molar-refractivity contribution in [1.29, 1.82) is 0 Å². The van der Waals surface area contributed by atoms with Gasteiger partial charge >= 0.3 is 0 Å². The number of amides is 1. The van der Waals surface area contributed by atoms with Crippen molar-refractivity contribution in [3.8, 4) is 0 Å². The van der Waals surface area contributed by atoms with Gasteiger partial charge in [-0.3, -0.25) is 14.2 Å². The first kappa shape index (κ1) is 22.0. The van der Waals surface area contributed by atoms with Crippen LogP contribution in [0.4, 0.5) is 0 Å². The summed E-state index contributed by atoms with van der Waals surface area (Å²) in [5.74, 6) is 0.616. The van der Waals surface area contributed by atoms with Gasteiger partial charge in [-0.05, 0) is 56.8 Å². The second-order valence-electron chi connectivity index (χ2n) is 8.84. The molecule has 0 N–H and O–H groups in total. The molecule has 2 atom stereocenters. The van der Waals surface area contributed by atoms with Gasteiger partial charge in [-0.1, -0.05) is 18.6 Å². The molecule has 3 heterocycles. The largest absolute Gasteiger partial charge is 0.383 e. The van der Waals surface area contributed by atoms with E-state index in [-0.39, 0.29) is 11.5 Å². The van der Waals surface area contributed by atoms with Crippen molar-refractivity contribution < 1.29 is 9.53 Å². The van der Waals surface area contributed by atoms with Crippen LogP contribution in [0.1, 0.15) is 38.5 Å². The lowest BCUT2D eigenvalue weighted by molar-refractivity contribution is -0.133. The van der Waals surface area contributed by atoms with Crippen molar-refractivity contribution in [2.45, 2.75) is 51.1 Å². The Kier molecular flexibility index (Phi) is 7.35. The second kappa shape index (κ2) is 10.4. The molecule has 7 nitrogen and oxygen atoms in total. The minimum atomic E-state index is -0.0908. The van der Waals surface area contributed by atoms with Gasteiger partial charge in [-0.15, -0.1) is 0 Å². The molecule has 2 aromatic rings. The number of aryl methyl sites for hydroxylation is 1. The van der Waals surface area contributed by atoms with Gasteiger partial charge in [-0.25, -0.2) is 4.98 Å². The second-order valence-corrected chi connectivity index (χ2v) is 8.84. The number of ether oxygens (including phenoxy) is 1.